The van der Waals surface area contributed by atoms with E-state index in [1.807, 2.05) is 11.3 Å². The van der Waals surface area contributed by atoms with Gasteiger partial charge in [0.2, 0.25) is 0 Å². The van der Waals surface area contributed by atoms with Crippen molar-refractivity contribution in [2.24, 2.45) is 0 Å². The number of rotatable bonds is 1. The summed E-state index contributed by atoms with van der Waals surface area (Å²) < 4.78 is 0. The van der Waals surface area contributed by atoms with Crippen molar-refractivity contribution in [1.29, 1.82) is 0 Å². The van der Waals surface area contributed by atoms with Crippen molar-refractivity contribution in [3.63, 3.8) is 0 Å². The highest BCUT2D eigenvalue weighted by Crippen LogP contribution is 2.40. The fourth-order valence-electron chi connectivity index (χ4n) is 4.84. The van der Waals surface area contributed by atoms with E-state index in [9.17, 15) is 0 Å². The van der Waals surface area contributed by atoms with Crippen LogP contribution in [0.1, 0.15) is 22.3 Å². The first kappa shape index (κ1) is 17.1. The van der Waals surface area contributed by atoms with E-state index in [1.165, 1.54) is 49.3 Å². The number of thiophene rings is 1. The molecular formula is C26H22BNS. The summed E-state index contributed by atoms with van der Waals surface area (Å²) in [5.41, 5.74) is 11.3. The Bertz CT molecular complexity index is 1180. The molecule has 4 bridgehead atoms. The molecule has 0 amide bonds. The minimum absolute atomic E-state index is 0.227. The monoisotopic (exact) mass is 391 g/mol. The first-order valence-electron chi connectivity index (χ1n) is 10.5. The Morgan fingerprint density at radius 3 is 2.14 bits per heavy atom. The average Bonchev–Trinajstić information content (AvgIpc) is 3.25. The number of anilines is 1. The third-order valence-electron chi connectivity index (χ3n) is 6.42. The van der Waals surface area contributed by atoms with Crippen LogP contribution < -0.4 is 16.2 Å². The van der Waals surface area contributed by atoms with E-state index < -0.39 is 0 Å². The third kappa shape index (κ3) is 2.92. The van der Waals surface area contributed by atoms with Gasteiger partial charge in [-0.2, -0.15) is 0 Å². The fraction of sp³-hybridized carbons (Fsp3) is 0.154. The van der Waals surface area contributed by atoms with E-state index in [0.29, 0.717) is 0 Å². The molecule has 3 heteroatoms. The molecule has 1 nitrogen and oxygen atoms in total. The minimum atomic E-state index is 0.227. The van der Waals surface area contributed by atoms with Crippen molar-refractivity contribution < 1.29 is 0 Å². The van der Waals surface area contributed by atoms with Crippen molar-refractivity contribution in [3.8, 4) is 10.4 Å². The molecule has 4 aromatic rings. The van der Waals surface area contributed by atoms with E-state index in [4.69, 9.17) is 0 Å². The number of aryl methyl sites for hydroxylation is 4. The molecule has 1 N–H and O–H groups in total. The van der Waals surface area contributed by atoms with E-state index >= 15 is 0 Å². The second-order valence-corrected chi connectivity index (χ2v) is 9.06. The molecule has 4 aliphatic carbocycles. The Morgan fingerprint density at radius 1 is 0.690 bits per heavy atom. The SMILES string of the molecule is c1ccc(B2Nc3c4ccc(c3-c3sccc32)CCc2ccc(cc2)CC4)cc1. The fourth-order valence-corrected chi connectivity index (χ4v) is 5.86. The summed E-state index contributed by atoms with van der Waals surface area (Å²) in [6.45, 7) is 0.227. The van der Waals surface area contributed by atoms with Gasteiger partial charge in [-0.15, -0.1) is 11.3 Å². The number of benzene rings is 3. The summed E-state index contributed by atoms with van der Waals surface area (Å²) in [7, 11) is 0. The lowest BCUT2D eigenvalue weighted by Crippen LogP contribution is -2.51. The first-order chi connectivity index (χ1) is 14.4. The maximum Gasteiger partial charge on any atom is 0.322 e. The molecule has 9 rings (SSSR count). The molecule has 29 heavy (non-hydrogen) atoms. The molecule has 1 aliphatic heterocycles. The molecule has 5 aliphatic rings. The summed E-state index contributed by atoms with van der Waals surface area (Å²) in [6.07, 6.45) is 4.32. The lowest BCUT2D eigenvalue weighted by Gasteiger charge is -2.30. The third-order valence-corrected chi connectivity index (χ3v) is 7.37. The molecule has 2 heterocycles. The van der Waals surface area contributed by atoms with E-state index in [2.05, 4.69) is 83.4 Å². The van der Waals surface area contributed by atoms with E-state index in [1.54, 1.807) is 0 Å². The predicted octanol–water partition coefficient (Wildman–Crippen LogP) is 4.83. The van der Waals surface area contributed by atoms with Crippen LogP contribution in [0.4, 0.5) is 5.69 Å². The topological polar surface area (TPSA) is 12.0 Å². The zero-order valence-corrected chi connectivity index (χ0v) is 17.1. The Hall–Kier alpha value is -2.78. The molecule has 0 spiro atoms. The zero-order valence-electron chi connectivity index (χ0n) is 16.3. The zero-order chi connectivity index (χ0) is 19.2. The second kappa shape index (κ2) is 6.93. The lowest BCUT2D eigenvalue weighted by atomic mass is 9.49. The summed E-state index contributed by atoms with van der Waals surface area (Å²) in [5, 5.41) is 6.23. The van der Waals surface area contributed by atoms with Gasteiger partial charge in [0.1, 0.15) is 0 Å². The van der Waals surface area contributed by atoms with Crippen molar-refractivity contribution in [2.45, 2.75) is 25.7 Å². The quantitative estimate of drug-likeness (QED) is 0.459. The van der Waals surface area contributed by atoms with Gasteiger partial charge >= 0.3 is 6.85 Å². The predicted molar refractivity (Wildman–Crippen MR) is 126 cm³/mol. The van der Waals surface area contributed by atoms with Crippen LogP contribution in [-0.4, -0.2) is 6.85 Å². The Balaban J connectivity index is 1.52. The Morgan fingerprint density at radius 2 is 1.38 bits per heavy atom. The molecule has 3 aromatic carbocycles. The number of fused-ring (bicyclic) bond motifs is 1. The van der Waals surface area contributed by atoms with Crippen molar-refractivity contribution in [2.75, 3.05) is 5.23 Å². The van der Waals surface area contributed by atoms with Crippen LogP contribution in [0.3, 0.4) is 0 Å². The van der Waals surface area contributed by atoms with Crippen LogP contribution in [-0.2, 0) is 25.7 Å². The average molecular weight is 391 g/mol. The Labute approximate surface area is 176 Å². The van der Waals surface area contributed by atoms with Crippen molar-refractivity contribution in [3.05, 3.63) is 100 Å². The summed E-state index contributed by atoms with van der Waals surface area (Å²) in [5.74, 6) is 0. The molecule has 1 aromatic heterocycles. The van der Waals surface area contributed by atoms with Gasteiger partial charge in [0, 0.05) is 16.1 Å². The van der Waals surface area contributed by atoms with E-state index in [0.717, 1.165) is 25.7 Å². The molecular weight excluding hydrogens is 369 g/mol. The largest absolute Gasteiger partial charge is 0.419 e. The van der Waals surface area contributed by atoms with Crippen LogP contribution in [0.15, 0.2) is 78.2 Å². The smallest absolute Gasteiger partial charge is 0.322 e. The van der Waals surface area contributed by atoms with Gasteiger partial charge < -0.3 is 5.23 Å². The second-order valence-electron chi connectivity index (χ2n) is 8.14. The molecule has 0 saturated heterocycles. The minimum Gasteiger partial charge on any atom is -0.419 e. The van der Waals surface area contributed by atoms with Crippen LogP contribution in [0.25, 0.3) is 10.4 Å². The van der Waals surface area contributed by atoms with Crippen LogP contribution >= 0.6 is 11.3 Å². The summed E-state index contributed by atoms with van der Waals surface area (Å²) in [4.78, 5) is 1.45. The summed E-state index contributed by atoms with van der Waals surface area (Å²) in [6, 6.07) is 27.2. The maximum atomic E-state index is 3.97. The number of nitrogens with one attached hydrogen (secondary N) is 1. The molecule has 140 valence electrons. The highest BCUT2D eigenvalue weighted by atomic mass is 32.1. The van der Waals surface area contributed by atoms with Gasteiger partial charge in [0.25, 0.3) is 0 Å². The van der Waals surface area contributed by atoms with Gasteiger partial charge in [-0.25, -0.2) is 0 Å². The molecule has 0 atom stereocenters. The highest BCUT2D eigenvalue weighted by Gasteiger charge is 2.33. The van der Waals surface area contributed by atoms with Crippen LogP contribution in [0.5, 0.6) is 0 Å². The molecule has 0 unspecified atom stereocenters. The number of hydrogen-bond acceptors (Lipinski definition) is 2. The highest BCUT2D eigenvalue weighted by molar-refractivity contribution is 7.16. The molecule has 0 saturated carbocycles. The molecule has 0 radical (unpaired) electrons. The standard InChI is InChI=1S/C26H22BNS/c1-2-4-22(5-3-1)27-23-16-17-29-26(23)24-20-12-10-18-6-8-19(9-7-18)11-13-21(15-14-20)25(24)28-27/h1-9,14-17,28H,10-13H2. The van der Waals surface area contributed by atoms with Gasteiger partial charge in [0.05, 0.1) is 0 Å². The first-order valence-corrected chi connectivity index (χ1v) is 11.4. The lowest BCUT2D eigenvalue weighted by molar-refractivity contribution is 0.925. The number of hydrogen-bond donors (Lipinski definition) is 1. The van der Waals surface area contributed by atoms with Gasteiger partial charge in [-0.3, -0.25) is 0 Å². The normalized spacial score (nSPS) is 14.6. The van der Waals surface area contributed by atoms with Crippen molar-refractivity contribution >= 4 is 34.8 Å². The van der Waals surface area contributed by atoms with Crippen LogP contribution in [0.2, 0.25) is 0 Å². The summed E-state index contributed by atoms with van der Waals surface area (Å²) >= 11 is 1.90. The van der Waals surface area contributed by atoms with Crippen molar-refractivity contribution in [1.82, 2.24) is 0 Å². The van der Waals surface area contributed by atoms with Gasteiger partial charge in [-0.1, -0.05) is 78.3 Å². The van der Waals surface area contributed by atoms with E-state index in [-0.39, 0.29) is 6.85 Å². The Kier molecular flexibility index (Phi) is 4.09. The van der Waals surface area contributed by atoms with Gasteiger partial charge in [0.15, 0.2) is 0 Å². The molecule has 0 fully saturated rings. The maximum absolute atomic E-state index is 3.97. The van der Waals surface area contributed by atoms with Gasteiger partial charge in [-0.05, 0) is 58.8 Å². The van der Waals surface area contributed by atoms with Crippen LogP contribution in [0, 0.1) is 0 Å².